The Morgan fingerprint density at radius 1 is 1.27 bits per heavy atom. The van der Waals surface area contributed by atoms with E-state index in [-0.39, 0.29) is 22.7 Å². The van der Waals surface area contributed by atoms with Crippen LogP contribution in [0.2, 0.25) is 0 Å². The van der Waals surface area contributed by atoms with Crippen LogP contribution >= 0.6 is 0 Å². The van der Waals surface area contributed by atoms with Gasteiger partial charge < -0.3 is 10.4 Å². The maximum absolute atomic E-state index is 12.4. The third-order valence-corrected chi connectivity index (χ3v) is 5.02. The molecule has 8 nitrogen and oxygen atoms in total. The molecule has 0 radical (unpaired) electrons. The molecule has 8 heteroatoms. The van der Waals surface area contributed by atoms with Gasteiger partial charge in [-0.25, -0.2) is 0 Å². The first-order valence-corrected chi connectivity index (χ1v) is 10.1. The molecule has 0 aliphatic carbocycles. The van der Waals surface area contributed by atoms with Crippen LogP contribution in [0, 0.1) is 24.2 Å². The second-order valence-electron chi connectivity index (χ2n) is 7.14. The summed E-state index contributed by atoms with van der Waals surface area (Å²) >= 11 is 0. The maximum Gasteiger partial charge on any atom is 0.278 e. The van der Waals surface area contributed by atoms with Gasteiger partial charge in [-0.3, -0.25) is 14.6 Å². The third kappa shape index (κ3) is 5.77. The maximum atomic E-state index is 12.4. The molecular formula is C22H27N5O3. The van der Waals surface area contributed by atoms with Gasteiger partial charge in [0.05, 0.1) is 5.69 Å². The van der Waals surface area contributed by atoms with Crippen molar-refractivity contribution >= 4 is 17.3 Å². The van der Waals surface area contributed by atoms with Crippen molar-refractivity contribution < 1.29 is 9.90 Å². The first kappa shape index (κ1) is 22.8. The fraction of sp³-hybridized carbons (Fsp3) is 0.409. The summed E-state index contributed by atoms with van der Waals surface area (Å²) in [5, 5.41) is 29.6. The standard InChI is InChI=1S/C22H27N5O3/c1-4-6-7-15(5-2)13-24-20(28)16-8-10-17(11-9-16)26-27-19-14(3)18(12-23)21(29)25-22(19)30/h8-11,15H,4-7,13H2,1-3H3,(H,24,28)(H2,25,29,30). The number of hydrogen-bond donors (Lipinski definition) is 3. The first-order chi connectivity index (χ1) is 14.4. The van der Waals surface area contributed by atoms with Gasteiger partial charge in [0.25, 0.3) is 11.5 Å². The van der Waals surface area contributed by atoms with Gasteiger partial charge in [0.15, 0.2) is 5.69 Å². The molecule has 30 heavy (non-hydrogen) atoms. The molecule has 2 aromatic rings. The van der Waals surface area contributed by atoms with Crippen LogP contribution in [-0.2, 0) is 0 Å². The van der Waals surface area contributed by atoms with E-state index < -0.39 is 11.4 Å². The minimum Gasteiger partial charge on any atom is -0.494 e. The zero-order chi connectivity index (χ0) is 22.1. The number of nitriles is 1. The fourth-order valence-corrected chi connectivity index (χ4v) is 3.02. The lowest BCUT2D eigenvalue weighted by Crippen LogP contribution is -2.29. The van der Waals surface area contributed by atoms with Crippen LogP contribution in [-0.4, -0.2) is 22.5 Å². The van der Waals surface area contributed by atoms with Crippen molar-refractivity contribution in [1.29, 1.82) is 5.26 Å². The molecule has 0 aliphatic rings. The Kier molecular flexibility index (Phi) is 8.29. The second kappa shape index (κ2) is 10.9. The molecule has 0 bridgehead atoms. The Morgan fingerprint density at radius 2 is 1.97 bits per heavy atom. The van der Waals surface area contributed by atoms with E-state index in [9.17, 15) is 14.7 Å². The summed E-state index contributed by atoms with van der Waals surface area (Å²) in [6.45, 7) is 6.46. The Labute approximate surface area is 175 Å². The number of carbonyl (C=O) groups is 1. The van der Waals surface area contributed by atoms with Gasteiger partial charge in [-0.05, 0) is 43.5 Å². The van der Waals surface area contributed by atoms with Crippen LogP contribution in [0.3, 0.4) is 0 Å². The first-order valence-electron chi connectivity index (χ1n) is 10.1. The number of aromatic amines is 1. The van der Waals surface area contributed by atoms with Gasteiger partial charge in [-0.1, -0.05) is 33.1 Å². The summed E-state index contributed by atoms with van der Waals surface area (Å²) in [5.41, 5.74) is 0.462. The number of benzene rings is 1. The molecule has 0 saturated heterocycles. The molecule has 0 aliphatic heterocycles. The largest absolute Gasteiger partial charge is 0.494 e. The molecule has 3 N–H and O–H groups in total. The van der Waals surface area contributed by atoms with E-state index in [0.717, 1.165) is 25.7 Å². The van der Waals surface area contributed by atoms with Gasteiger partial charge in [0.1, 0.15) is 11.6 Å². The number of aromatic nitrogens is 1. The summed E-state index contributed by atoms with van der Waals surface area (Å²) in [6, 6.07) is 8.36. The van der Waals surface area contributed by atoms with Crippen LogP contribution in [0.4, 0.5) is 11.4 Å². The highest BCUT2D eigenvalue weighted by molar-refractivity contribution is 5.94. The topological polar surface area (TPSA) is 131 Å². The molecule has 1 unspecified atom stereocenters. The Bertz CT molecular complexity index is 1000. The predicted molar refractivity (Wildman–Crippen MR) is 114 cm³/mol. The van der Waals surface area contributed by atoms with Gasteiger partial charge in [0.2, 0.25) is 5.88 Å². The van der Waals surface area contributed by atoms with E-state index in [2.05, 4.69) is 34.4 Å². The number of carbonyl (C=O) groups excluding carboxylic acids is 1. The number of amides is 1. The molecule has 1 aromatic heterocycles. The number of azo groups is 1. The van der Waals surface area contributed by atoms with E-state index in [1.807, 2.05) is 6.07 Å². The number of H-pyrrole nitrogens is 1. The number of nitrogens with one attached hydrogen (secondary N) is 2. The molecule has 1 amide bonds. The molecule has 1 aromatic carbocycles. The number of rotatable bonds is 9. The molecule has 158 valence electrons. The molecule has 1 atom stereocenters. The van der Waals surface area contributed by atoms with E-state index >= 15 is 0 Å². The van der Waals surface area contributed by atoms with Crippen LogP contribution in [0.5, 0.6) is 5.88 Å². The number of hydrogen-bond acceptors (Lipinski definition) is 6. The Balaban J connectivity index is 2.07. The minimum absolute atomic E-state index is 0.0520. The van der Waals surface area contributed by atoms with Crippen molar-refractivity contribution in [2.24, 2.45) is 16.1 Å². The van der Waals surface area contributed by atoms with Crippen LogP contribution in [0.1, 0.15) is 61.0 Å². The lowest BCUT2D eigenvalue weighted by molar-refractivity contribution is 0.0946. The zero-order valence-corrected chi connectivity index (χ0v) is 17.5. The van der Waals surface area contributed by atoms with Crippen molar-refractivity contribution in [3.05, 3.63) is 51.3 Å². The number of unbranched alkanes of at least 4 members (excludes halogenated alkanes) is 1. The second-order valence-corrected chi connectivity index (χ2v) is 7.14. The van der Waals surface area contributed by atoms with E-state index in [4.69, 9.17) is 5.26 Å². The Hall–Kier alpha value is -3.47. The van der Waals surface area contributed by atoms with Crippen molar-refractivity contribution in [3.8, 4) is 11.9 Å². The van der Waals surface area contributed by atoms with E-state index in [1.165, 1.54) is 6.92 Å². The summed E-state index contributed by atoms with van der Waals surface area (Å²) in [5.74, 6) is -0.154. The summed E-state index contributed by atoms with van der Waals surface area (Å²) < 4.78 is 0. The van der Waals surface area contributed by atoms with E-state index in [1.54, 1.807) is 24.3 Å². The van der Waals surface area contributed by atoms with Gasteiger partial charge in [0, 0.05) is 17.7 Å². The normalized spacial score (nSPS) is 11.9. The van der Waals surface area contributed by atoms with Crippen LogP contribution in [0.25, 0.3) is 0 Å². The van der Waals surface area contributed by atoms with Crippen molar-refractivity contribution in [1.82, 2.24) is 10.3 Å². The minimum atomic E-state index is -0.641. The van der Waals surface area contributed by atoms with Crippen LogP contribution < -0.4 is 10.9 Å². The Morgan fingerprint density at radius 3 is 2.57 bits per heavy atom. The number of aromatic hydroxyl groups is 1. The quantitative estimate of drug-likeness (QED) is 0.521. The molecular weight excluding hydrogens is 382 g/mol. The summed E-state index contributed by atoms with van der Waals surface area (Å²) in [6.07, 6.45) is 4.44. The monoisotopic (exact) mass is 409 g/mol. The lowest BCUT2D eigenvalue weighted by Gasteiger charge is -2.15. The van der Waals surface area contributed by atoms with Gasteiger partial charge >= 0.3 is 0 Å². The molecule has 2 rings (SSSR count). The highest BCUT2D eigenvalue weighted by Crippen LogP contribution is 2.24. The molecule has 0 spiro atoms. The summed E-state index contributed by atoms with van der Waals surface area (Å²) in [4.78, 5) is 26.5. The lowest BCUT2D eigenvalue weighted by atomic mass is 9.99. The molecule has 0 fully saturated rings. The number of nitrogens with zero attached hydrogens (tertiary/aromatic N) is 3. The third-order valence-electron chi connectivity index (χ3n) is 5.02. The van der Waals surface area contributed by atoms with Crippen molar-refractivity contribution in [2.75, 3.05) is 6.54 Å². The SMILES string of the molecule is CCCCC(CC)CNC(=O)c1ccc(N=Nc2c(C)c(C#N)c(O)[nH]c2=O)cc1. The van der Waals surface area contributed by atoms with E-state index in [0.29, 0.717) is 23.7 Å². The van der Waals surface area contributed by atoms with Crippen molar-refractivity contribution in [3.63, 3.8) is 0 Å². The predicted octanol–water partition coefficient (Wildman–Crippen LogP) is 4.62. The summed E-state index contributed by atoms with van der Waals surface area (Å²) in [7, 11) is 0. The van der Waals surface area contributed by atoms with Gasteiger partial charge in [-0.2, -0.15) is 10.4 Å². The smallest absolute Gasteiger partial charge is 0.278 e. The highest BCUT2D eigenvalue weighted by atomic mass is 16.3. The average Bonchev–Trinajstić information content (AvgIpc) is 2.74. The highest BCUT2D eigenvalue weighted by Gasteiger charge is 2.14. The van der Waals surface area contributed by atoms with Crippen molar-refractivity contribution in [2.45, 2.75) is 46.5 Å². The molecule has 0 saturated carbocycles. The fourth-order valence-electron chi connectivity index (χ4n) is 3.02. The van der Waals surface area contributed by atoms with Crippen LogP contribution in [0.15, 0.2) is 39.3 Å². The average molecular weight is 409 g/mol. The zero-order valence-electron chi connectivity index (χ0n) is 17.5. The number of pyridine rings is 1. The molecule has 1 heterocycles. The van der Waals surface area contributed by atoms with Gasteiger partial charge in [-0.15, -0.1) is 5.11 Å².